The summed E-state index contributed by atoms with van der Waals surface area (Å²) < 4.78 is 0. The molecule has 0 atom stereocenters. The summed E-state index contributed by atoms with van der Waals surface area (Å²) in [5, 5.41) is 3.78. The van der Waals surface area contributed by atoms with Crippen LogP contribution in [0.1, 0.15) is 27.7 Å². The Morgan fingerprint density at radius 3 is 1.48 bits per heavy atom. The Labute approximate surface area is 169 Å². The maximum absolute atomic E-state index is 6.82. The number of halogens is 1. The van der Waals surface area contributed by atoms with Crippen LogP contribution in [0.5, 0.6) is 0 Å². The molecule has 0 heterocycles. The molecule has 0 aliphatic carbocycles. The van der Waals surface area contributed by atoms with Crippen LogP contribution in [0.15, 0.2) is 48.5 Å². The second kappa shape index (κ2) is 15.7. The fraction of sp³-hybridized carbons (Fsp3) is 0.364. The molecule has 27 heavy (non-hydrogen) atoms. The Hall–Kier alpha value is -2.53. The molecule has 0 saturated carbocycles. The van der Waals surface area contributed by atoms with Crippen LogP contribution in [-0.2, 0) is 0 Å². The van der Waals surface area contributed by atoms with E-state index in [1.54, 1.807) is 24.3 Å². The highest BCUT2D eigenvalue weighted by molar-refractivity contribution is 6.30. The highest BCUT2D eigenvalue weighted by Crippen LogP contribution is 2.19. The average Bonchev–Trinajstić information content (AvgIpc) is 2.72. The first kappa shape index (κ1) is 24.5. The molecule has 2 aromatic rings. The highest BCUT2D eigenvalue weighted by atomic mass is 35.5. The van der Waals surface area contributed by atoms with Crippen molar-refractivity contribution in [2.75, 3.05) is 31.1 Å². The van der Waals surface area contributed by atoms with Crippen LogP contribution in [0.3, 0.4) is 0 Å². The first-order valence-electron chi connectivity index (χ1n) is 9.12. The van der Waals surface area contributed by atoms with E-state index in [0.717, 1.165) is 26.2 Å². The van der Waals surface area contributed by atoms with Gasteiger partial charge in [0.1, 0.15) is 0 Å². The molecule has 2 aromatic carbocycles. The molecular formula is C22H29ClN4. The Morgan fingerprint density at radius 1 is 0.778 bits per heavy atom. The third kappa shape index (κ3) is 10.9. The van der Waals surface area contributed by atoms with Crippen LogP contribution in [0, 0.1) is 13.1 Å². The van der Waals surface area contributed by atoms with E-state index in [1.165, 1.54) is 5.69 Å². The van der Waals surface area contributed by atoms with Gasteiger partial charge in [-0.25, -0.2) is 9.69 Å². The molecule has 0 unspecified atom stereocenters. The lowest BCUT2D eigenvalue weighted by Gasteiger charge is -2.20. The predicted octanol–water partition coefficient (Wildman–Crippen LogP) is 6.59. The van der Waals surface area contributed by atoms with Crippen molar-refractivity contribution in [3.05, 3.63) is 76.4 Å². The van der Waals surface area contributed by atoms with E-state index < -0.39 is 0 Å². The molecule has 2 rings (SSSR count). The van der Waals surface area contributed by atoms with Crippen molar-refractivity contribution >= 4 is 28.7 Å². The molecule has 144 valence electrons. The minimum absolute atomic E-state index is 0.624. The Bertz CT molecular complexity index is 691. The lowest BCUT2D eigenvalue weighted by molar-refractivity contribution is 0.762. The van der Waals surface area contributed by atoms with Crippen molar-refractivity contribution in [3.63, 3.8) is 0 Å². The molecule has 0 fully saturated rings. The molecule has 0 radical (unpaired) electrons. The minimum atomic E-state index is 0.624. The maximum atomic E-state index is 6.82. The lowest BCUT2D eigenvalue weighted by Crippen LogP contribution is -2.21. The van der Waals surface area contributed by atoms with E-state index in [9.17, 15) is 0 Å². The molecule has 0 aliphatic heterocycles. The molecular weight excluding hydrogens is 356 g/mol. The topological polar surface area (TPSA) is 24.0 Å². The van der Waals surface area contributed by atoms with Gasteiger partial charge in [-0.3, -0.25) is 0 Å². The van der Waals surface area contributed by atoms with Gasteiger partial charge >= 0.3 is 0 Å². The highest BCUT2D eigenvalue weighted by Gasteiger charge is 2.00. The lowest BCUT2D eigenvalue weighted by atomic mass is 10.2. The molecule has 4 nitrogen and oxygen atoms in total. The van der Waals surface area contributed by atoms with Crippen LogP contribution in [-0.4, -0.2) is 26.2 Å². The monoisotopic (exact) mass is 384 g/mol. The van der Waals surface area contributed by atoms with Crippen molar-refractivity contribution in [2.45, 2.75) is 27.7 Å². The van der Waals surface area contributed by atoms with Gasteiger partial charge in [-0.2, -0.15) is 0 Å². The van der Waals surface area contributed by atoms with Gasteiger partial charge in [0, 0.05) is 23.8 Å². The SMILES string of the molecule is CCNCC.[C-]#[N+]c1ccc(Cl)cc1.[C-]#[N+]c1ccc(N(CC)CC)cc1. The summed E-state index contributed by atoms with van der Waals surface area (Å²) >= 11 is 5.57. The Morgan fingerprint density at radius 2 is 1.19 bits per heavy atom. The number of nitrogens with one attached hydrogen (secondary N) is 1. The zero-order chi connectivity index (χ0) is 20.5. The summed E-state index contributed by atoms with van der Waals surface area (Å²) in [7, 11) is 0. The van der Waals surface area contributed by atoms with E-state index >= 15 is 0 Å². The van der Waals surface area contributed by atoms with Crippen molar-refractivity contribution in [1.29, 1.82) is 0 Å². The summed E-state index contributed by atoms with van der Waals surface area (Å²) in [4.78, 5) is 8.81. The van der Waals surface area contributed by atoms with Gasteiger partial charge in [0.15, 0.2) is 11.4 Å². The number of nitrogens with zero attached hydrogens (tertiary/aromatic N) is 3. The zero-order valence-corrected chi connectivity index (χ0v) is 17.4. The van der Waals surface area contributed by atoms with Gasteiger partial charge in [0.25, 0.3) is 0 Å². The summed E-state index contributed by atoms with van der Waals surface area (Å²) in [6, 6.07) is 14.5. The summed E-state index contributed by atoms with van der Waals surface area (Å²) in [5.41, 5.74) is 2.52. The van der Waals surface area contributed by atoms with Crippen LogP contribution >= 0.6 is 11.6 Å². The number of benzene rings is 2. The molecule has 0 spiro atoms. The second-order valence-electron chi connectivity index (χ2n) is 5.35. The van der Waals surface area contributed by atoms with Gasteiger partial charge in [-0.05, 0) is 39.1 Å². The van der Waals surface area contributed by atoms with E-state index in [0.29, 0.717) is 16.4 Å². The van der Waals surface area contributed by atoms with Crippen molar-refractivity contribution < 1.29 is 0 Å². The average molecular weight is 385 g/mol. The fourth-order valence-electron chi connectivity index (χ4n) is 2.09. The van der Waals surface area contributed by atoms with Gasteiger partial charge in [0.05, 0.1) is 13.1 Å². The fourth-order valence-corrected chi connectivity index (χ4v) is 2.22. The summed E-state index contributed by atoms with van der Waals surface area (Å²) in [6.45, 7) is 26.1. The molecule has 0 bridgehead atoms. The first-order valence-corrected chi connectivity index (χ1v) is 9.50. The Kier molecular flexibility index (Phi) is 14.2. The predicted molar refractivity (Wildman–Crippen MR) is 118 cm³/mol. The number of hydrogen-bond acceptors (Lipinski definition) is 2. The van der Waals surface area contributed by atoms with E-state index in [4.69, 9.17) is 24.7 Å². The van der Waals surface area contributed by atoms with Crippen molar-refractivity contribution in [1.82, 2.24) is 5.32 Å². The number of hydrogen-bond donors (Lipinski definition) is 1. The van der Waals surface area contributed by atoms with Gasteiger partial charge in [0.2, 0.25) is 0 Å². The Balaban J connectivity index is 0.000000419. The van der Waals surface area contributed by atoms with E-state index in [-0.39, 0.29) is 0 Å². The maximum Gasteiger partial charge on any atom is 0.187 e. The van der Waals surface area contributed by atoms with Crippen molar-refractivity contribution in [3.8, 4) is 0 Å². The van der Waals surface area contributed by atoms with Crippen LogP contribution in [0.2, 0.25) is 5.02 Å². The molecule has 0 saturated heterocycles. The van der Waals surface area contributed by atoms with E-state index in [1.807, 2.05) is 24.3 Å². The first-order chi connectivity index (χ1) is 13.1. The molecule has 0 aliphatic rings. The van der Waals surface area contributed by atoms with Crippen LogP contribution < -0.4 is 10.2 Å². The van der Waals surface area contributed by atoms with Crippen LogP contribution in [0.25, 0.3) is 9.69 Å². The third-order valence-corrected chi connectivity index (χ3v) is 3.82. The molecule has 0 aromatic heterocycles. The molecule has 0 amide bonds. The quantitative estimate of drug-likeness (QED) is 0.588. The largest absolute Gasteiger partial charge is 0.372 e. The van der Waals surface area contributed by atoms with Gasteiger partial charge < -0.3 is 10.2 Å². The normalized spacial score (nSPS) is 8.85. The summed E-state index contributed by atoms with van der Waals surface area (Å²) in [6.07, 6.45) is 0. The van der Waals surface area contributed by atoms with Crippen LogP contribution in [0.4, 0.5) is 17.1 Å². The molecule has 1 N–H and O–H groups in total. The second-order valence-corrected chi connectivity index (χ2v) is 5.78. The minimum Gasteiger partial charge on any atom is -0.372 e. The van der Waals surface area contributed by atoms with Gasteiger partial charge in [-0.1, -0.05) is 61.8 Å². The third-order valence-electron chi connectivity index (χ3n) is 3.56. The standard InChI is InChI=1S/C11H14N2.C7H4ClN.C4H11N/c1-4-13(5-2)11-8-6-10(12-3)7-9-11;1-9-7-4-2-6(8)3-5-7;1-3-5-4-2/h6-9H,4-5H2,1-2H3;2-5H;5H,3-4H2,1-2H3. The van der Waals surface area contributed by atoms with Crippen molar-refractivity contribution in [2.24, 2.45) is 0 Å². The number of anilines is 1. The molecule has 5 heteroatoms. The number of rotatable bonds is 5. The van der Waals surface area contributed by atoms with E-state index in [2.05, 4.69) is 47.6 Å². The summed E-state index contributed by atoms with van der Waals surface area (Å²) in [5.74, 6) is 0. The van der Waals surface area contributed by atoms with Gasteiger partial charge in [-0.15, -0.1) is 0 Å². The smallest absolute Gasteiger partial charge is 0.187 e. The zero-order valence-electron chi connectivity index (χ0n) is 16.7.